The zero-order valence-corrected chi connectivity index (χ0v) is 9.28. The number of aromatic nitrogens is 2. The molecule has 0 amide bonds. The monoisotopic (exact) mass is 191 g/mol. The molecule has 3 heteroatoms. The molecule has 0 aromatic carbocycles. The molecule has 0 aliphatic heterocycles. The van der Waals surface area contributed by atoms with Crippen molar-refractivity contribution in [2.75, 3.05) is 19.0 Å². The van der Waals surface area contributed by atoms with E-state index in [9.17, 15) is 0 Å². The summed E-state index contributed by atoms with van der Waals surface area (Å²) in [6, 6.07) is 2.02. The minimum Gasteiger partial charge on any atom is -0.363 e. The summed E-state index contributed by atoms with van der Waals surface area (Å²) in [6.07, 6.45) is 4.81. The lowest BCUT2D eigenvalue weighted by molar-refractivity contribution is 0.955. The van der Waals surface area contributed by atoms with Crippen molar-refractivity contribution in [3.05, 3.63) is 23.7 Å². The Morgan fingerprint density at radius 3 is 2.57 bits per heavy atom. The van der Waals surface area contributed by atoms with E-state index in [0.717, 1.165) is 23.8 Å². The molecule has 14 heavy (non-hydrogen) atoms. The zero-order valence-electron chi connectivity index (χ0n) is 9.28. The van der Waals surface area contributed by atoms with Gasteiger partial charge in [-0.25, -0.2) is 9.97 Å². The van der Waals surface area contributed by atoms with Crippen LogP contribution in [0.1, 0.15) is 25.4 Å². The lowest BCUT2D eigenvalue weighted by Crippen LogP contribution is -2.12. The molecular weight excluding hydrogens is 174 g/mol. The van der Waals surface area contributed by atoms with Crippen LogP contribution in [-0.4, -0.2) is 24.1 Å². The Balaban J connectivity index is 3.13. The lowest BCUT2D eigenvalue weighted by Gasteiger charge is -2.12. The van der Waals surface area contributed by atoms with Crippen LogP contribution in [0.15, 0.2) is 12.1 Å². The Bertz CT molecular complexity index is 329. The number of aryl methyl sites for hydroxylation is 1. The van der Waals surface area contributed by atoms with E-state index in [-0.39, 0.29) is 0 Å². The van der Waals surface area contributed by atoms with Gasteiger partial charge in [-0.3, -0.25) is 0 Å². The maximum Gasteiger partial charge on any atom is 0.154 e. The number of anilines is 1. The van der Waals surface area contributed by atoms with Crippen LogP contribution in [0.3, 0.4) is 0 Å². The molecule has 0 unspecified atom stereocenters. The number of hydrogen-bond acceptors (Lipinski definition) is 3. The van der Waals surface area contributed by atoms with Gasteiger partial charge >= 0.3 is 0 Å². The minimum absolute atomic E-state index is 0.788. The third-order valence-corrected chi connectivity index (χ3v) is 1.92. The number of rotatable bonds is 3. The summed E-state index contributed by atoms with van der Waals surface area (Å²) in [5, 5.41) is 0. The maximum absolute atomic E-state index is 4.40. The number of nitrogens with zero attached hydrogens (tertiary/aromatic N) is 3. The fourth-order valence-corrected chi connectivity index (χ4v) is 1.14. The summed E-state index contributed by atoms with van der Waals surface area (Å²) in [6.45, 7) is 4.07. The molecule has 0 radical (unpaired) electrons. The van der Waals surface area contributed by atoms with Crippen molar-refractivity contribution in [3.8, 4) is 0 Å². The van der Waals surface area contributed by atoms with Gasteiger partial charge in [-0.2, -0.15) is 0 Å². The van der Waals surface area contributed by atoms with Crippen LogP contribution in [0.5, 0.6) is 0 Å². The fraction of sp³-hybridized carbons (Fsp3) is 0.455. The standard InChI is InChI=1S/C11H17N3/c1-5-7-10-12-9(6-2)8-11(13-10)14(3)4/h5,7-8H,6H2,1-4H3/b7-5+. The molecule has 1 aromatic heterocycles. The fourth-order valence-electron chi connectivity index (χ4n) is 1.14. The summed E-state index contributed by atoms with van der Waals surface area (Å²) in [4.78, 5) is 10.8. The Morgan fingerprint density at radius 1 is 1.36 bits per heavy atom. The van der Waals surface area contributed by atoms with Gasteiger partial charge in [-0.1, -0.05) is 13.0 Å². The third-order valence-electron chi connectivity index (χ3n) is 1.92. The van der Waals surface area contributed by atoms with E-state index < -0.39 is 0 Å². The molecule has 1 rings (SSSR count). The number of allylic oxidation sites excluding steroid dienone is 1. The van der Waals surface area contributed by atoms with Crippen molar-refractivity contribution >= 4 is 11.9 Å². The highest BCUT2D eigenvalue weighted by atomic mass is 15.1. The van der Waals surface area contributed by atoms with E-state index in [2.05, 4.69) is 16.9 Å². The maximum atomic E-state index is 4.40. The zero-order chi connectivity index (χ0) is 10.6. The largest absolute Gasteiger partial charge is 0.363 e. The predicted octanol–water partition coefficient (Wildman–Crippen LogP) is 2.14. The molecule has 3 nitrogen and oxygen atoms in total. The average Bonchev–Trinajstić information content (AvgIpc) is 2.17. The average molecular weight is 191 g/mol. The van der Waals surface area contributed by atoms with Gasteiger partial charge < -0.3 is 4.90 Å². The highest BCUT2D eigenvalue weighted by Gasteiger charge is 2.02. The van der Waals surface area contributed by atoms with Crippen LogP contribution in [0.25, 0.3) is 6.08 Å². The summed E-state index contributed by atoms with van der Waals surface area (Å²) < 4.78 is 0. The van der Waals surface area contributed by atoms with Crippen LogP contribution in [0, 0.1) is 0 Å². The Labute approximate surface area is 85.5 Å². The Hall–Kier alpha value is -1.38. The summed E-state index contributed by atoms with van der Waals surface area (Å²) in [5.74, 6) is 1.75. The molecule has 0 N–H and O–H groups in total. The first-order chi connectivity index (χ1) is 6.67. The molecule has 0 bridgehead atoms. The van der Waals surface area contributed by atoms with E-state index in [1.807, 2.05) is 44.1 Å². The molecule has 0 fully saturated rings. The topological polar surface area (TPSA) is 29.0 Å². The second-order valence-corrected chi connectivity index (χ2v) is 3.32. The quantitative estimate of drug-likeness (QED) is 0.733. The van der Waals surface area contributed by atoms with Crippen LogP contribution in [0.2, 0.25) is 0 Å². The predicted molar refractivity (Wildman–Crippen MR) is 60.4 cm³/mol. The molecule has 0 aliphatic rings. The third kappa shape index (κ3) is 2.55. The van der Waals surface area contributed by atoms with E-state index in [1.54, 1.807) is 0 Å². The highest BCUT2D eigenvalue weighted by Crippen LogP contribution is 2.11. The molecule has 0 aliphatic carbocycles. The van der Waals surface area contributed by atoms with Gasteiger partial charge in [0.25, 0.3) is 0 Å². The van der Waals surface area contributed by atoms with E-state index in [4.69, 9.17) is 0 Å². The summed E-state index contributed by atoms with van der Waals surface area (Å²) in [7, 11) is 3.97. The van der Waals surface area contributed by atoms with E-state index >= 15 is 0 Å². The van der Waals surface area contributed by atoms with Gasteiger partial charge in [0, 0.05) is 25.9 Å². The Morgan fingerprint density at radius 2 is 2.07 bits per heavy atom. The van der Waals surface area contributed by atoms with Crippen molar-refractivity contribution in [1.29, 1.82) is 0 Å². The van der Waals surface area contributed by atoms with Gasteiger partial charge in [0.05, 0.1) is 0 Å². The first kappa shape index (κ1) is 10.7. The highest BCUT2D eigenvalue weighted by molar-refractivity contribution is 5.46. The smallest absolute Gasteiger partial charge is 0.154 e. The van der Waals surface area contributed by atoms with Crippen molar-refractivity contribution < 1.29 is 0 Å². The van der Waals surface area contributed by atoms with E-state index in [0.29, 0.717) is 0 Å². The van der Waals surface area contributed by atoms with Crippen LogP contribution in [-0.2, 0) is 6.42 Å². The first-order valence-corrected chi connectivity index (χ1v) is 4.85. The van der Waals surface area contributed by atoms with Gasteiger partial charge in [0.2, 0.25) is 0 Å². The van der Waals surface area contributed by atoms with Crippen molar-refractivity contribution in [1.82, 2.24) is 9.97 Å². The molecule has 0 saturated heterocycles. The Kier molecular flexibility index (Phi) is 3.63. The van der Waals surface area contributed by atoms with Crippen LogP contribution in [0.4, 0.5) is 5.82 Å². The molecule has 0 atom stereocenters. The second-order valence-electron chi connectivity index (χ2n) is 3.32. The summed E-state index contributed by atoms with van der Waals surface area (Å²) in [5.41, 5.74) is 1.08. The normalized spacial score (nSPS) is 10.9. The van der Waals surface area contributed by atoms with E-state index in [1.165, 1.54) is 0 Å². The minimum atomic E-state index is 0.788. The molecule has 0 saturated carbocycles. The lowest BCUT2D eigenvalue weighted by atomic mass is 10.3. The summed E-state index contributed by atoms with van der Waals surface area (Å²) >= 11 is 0. The van der Waals surface area contributed by atoms with Crippen molar-refractivity contribution in [2.24, 2.45) is 0 Å². The first-order valence-electron chi connectivity index (χ1n) is 4.85. The molecule has 76 valence electrons. The molecule has 1 heterocycles. The van der Waals surface area contributed by atoms with Gasteiger partial charge in [0.15, 0.2) is 5.82 Å². The number of hydrogen-bond donors (Lipinski definition) is 0. The van der Waals surface area contributed by atoms with Crippen LogP contribution >= 0.6 is 0 Å². The second kappa shape index (κ2) is 4.74. The molecule has 0 spiro atoms. The SMILES string of the molecule is C/C=C/c1nc(CC)cc(N(C)C)n1. The molecular formula is C11H17N3. The van der Waals surface area contributed by atoms with Crippen molar-refractivity contribution in [3.63, 3.8) is 0 Å². The van der Waals surface area contributed by atoms with Crippen LogP contribution < -0.4 is 4.90 Å². The van der Waals surface area contributed by atoms with Gasteiger partial charge in [-0.05, 0) is 19.4 Å². The van der Waals surface area contributed by atoms with Gasteiger partial charge in [0.1, 0.15) is 5.82 Å². The van der Waals surface area contributed by atoms with Gasteiger partial charge in [-0.15, -0.1) is 0 Å². The molecule has 1 aromatic rings. The van der Waals surface area contributed by atoms with Crippen molar-refractivity contribution in [2.45, 2.75) is 20.3 Å².